The molecular formula is C16H24O2. The van der Waals surface area contributed by atoms with Gasteiger partial charge in [0.2, 0.25) is 0 Å². The van der Waals surface area contributed by atoms with Crippen LogP contribution in [-0.2, 0) is 6.42 Å². The monoisotopic (exact) mass is 248 g/mol. The molecule has 1 unspecified atom stereocenters. The third-order valence-corrected chi connectivity index (χ3v) is 3.89. The van der Waals surface area contributed by atoms with E-state index in [2.05, 4.69) is 39.8 Å². The van der Waals surface area contributed by atoms with Crippen LogP contribution in [-0.4, -0.2) is 12.2 Å². The summed E-state index contributed by atoms with van der Waals surface area (Å²) < 4.78 is 11.8. The molecule has 2 rings (SSSR count). The first-order valence-electron chi connectivity index (χ1n) is 6.97. The second-order valence-corrected chi connectivity index (χ2v) is 5.78. The summed E-state index contributed by atoms with van der Waals surface area (Å²) >= 11 is 0. The Kier molecular flexibility index (Phi) is 3.84. The third-order valence-electron chi connectivity index (χ3n) is 3.89. The Bertz CT molecular complexity index is 410. The van der Waals surface area contributed by atoms with Crippen LogP contribution in [0.5, 0.6) is 11.5 Å². The minimum atomic E-state index is -0.0883. The van der Waals surface area contributed by atoms with Gasteiger partial charge in [0.05, 0.1) is 6.61 Å². The highest BCUT2D eigenvalue weighted by molar-refractivity contribution is 5.42. The smallest absolute Gasteiger partial charge is 0.127 e. The molecule has 100 valence electrons. The lowest BCUT2D eigenvalue weighted by molar-refractivity contribution is 0.0351. The fourth-order valence-corrected chi connectivity index (χ4v) is 2.18. The molecule has 0 aromatic heterocycles. The molecule has 0 N–H and O–H groups in total. The van der Waals surface area contributed by atoms with Gasteiger partial charge in [-0.15, -0.1) is 0 Å². The van der Waals surface area contributed by atoms with Crippen LogP contribution in [0.4, 0.5) is 0 Å². The zero-order valence-electron chi connectivity index (χ0n) is 12.0. The second-order valence-electron chi connectivity index (χ2n) is 5.78. The van der Waals surface area contributed by atoms with Crippen molar-refractivity contribution in [3.05, 3.63) is 23.8 Å². The molecule has 0 aliphatic carbocycles. The first-order chi connectivity index (χ1) is 8.53. The molecule has 18 heavy (non-hydrogen) atoms. The molecule has 1 aromatic carbocycles. The van der Waals surface area contributed by atoms with Gasteiger partial charge in [0.1, 0.15) is 17.1 Å². The van der Waals surface area contributed by atoms with Crippen molar-refractivity contribution in [1.82, 2.24) is 0 Å². The number of rotatable bonds is 4. The Hall–Kier alpha value is -1.18. The van der Waals surface area contributed by atoms with E-state index in [9.17, 15) is 0 Å². The van der Waals surface area contributed by atoms with E-state index in [0.717, 1.165) is 37.4 Å². The van der Waals surface area contributed by atoms with Crippen molar-refractivity contribution in [1.29, 1.82) is 0 Å². The van der Waals surface area contributed by atoms with Crippen molar-refractivity contribution in [2.45, 2.75) is 52.6 Å². The molecule has 0 spiro atoms. The van der Waals surface area contributed by atoms with Gasteiger partial charge in [-0.05, 0) is 44.2 Å². The van der Waals surface area contributed by atoms with Gasteiger partial charge in [-0.25, -0.2) is 0 Å². The van der Waals surface area contributed by atoms with Crippen LogP contribution in [0.15, 0.2) is 18.2 Å². The molecule has 2 heteroatoms. The minimum absolute atomic E-state index is 0.0883. The highest BCUT2D eigenvalue weighted by Crippen LogP contribution is 2.38. The lowest BCUT2D eigenvalue weighted by Crippen LogP contribution is -2.40. The number of benzene rings is 1. The van der Waals surface area contributed by atoms with Crippen molar-refractivity contribution in [3.8, 4) is 11.5 Å². The molecule has 0 saturated carbocycles. The van der Waals surface area contributed by atoms with Crippen molar-refractivity contribution in [2.75, 3.05) is 6.61 Å². The lowest BCUT2D eigenvalue weighted by Gasteiger charge is -2.38. The zero-order valence-corrected chi connectivity index (χ0v) is 12.0. The largest absolute Gasteiger partial charge is 0.493 e. The van der Waals surface area contributed by atoms with E-state index < -0.39 is 0 Å². The van der Waals surface area contributed by atoms with E-state index >= 15 is 0 Å². The molecule has 0 radical (unpaired) electrons. The Morgan fingerprint density at radius 3 is 2.89 bits per heavy atom. The van der Waals surface area contributed by atoms with E-state index in [1.165, 1.54) is 5.56 Å². The van der Waals surface area contributed by atoms with Crippen LogP contribution < -0.4 is 9.47 Å². The average molecular weight is 248 g/mol. The molecular weight excluding hydrogens is 224 g/mol. The first-order valence-corrected chi connectivity index (χ1v) is 6.97. The fraction of sp³-hybridized carbons (Fsp3) is 0.625. The number of unbranched alkanes of at least 4 members (excludes halogenated alkanes) is 1. The summed E-state index contributed by atoms with van der Waals surface area (Å²) in [5.41, 5.74) is 1.21. The first kappa shape index (κ1) is 13.3. The normalized spacial score (nSPS) is 21.0. The van der Waals surface area contributed by atoms with Gasteiger partial charge >= 0.3 is 0 Å². The van der Waals surface area contributed by atoms with Gasteiger partial charge in [0, 0.05) is 6.07 Å². The maximum Gasteiger partial charge on any atom is 0.127 e. The maximum atomic E-state index is 6.10. The van der Waals surface area contributed by atoms with Gasteiger partial charge in [-0.3, -0.25) is 0 Å². The van der Waals surface area contributed by atoms with Crippen molar-refractivity contribution >= 4 is 0 Å². The van der Waals surface area contributed by atoms with Gasteiger partial charge in [-0.2, -0.15) is 0 Å². The molecule has 1 aromatic rings. The molecule has 0 saturated heterocycles. The minimum Gasteiger partial charge on any atom is -0.493 e. The summed E-state index contributed by atoms with van der Waals surface area (Å²) in [6, 6.07) is 6.24. The van der Waals surface area contributed by atoms with Gasteiger partial charge < -0.3 is 9.47 Å². The maximum absolute atomic E-state index is 6.10. The van der Waals surface area contributed by atoms with Crippen molar-refractivity contribution in [3.63, 3.8) is 0 Å². The molecule has 1 aliphatic heterocycles. The summed E-state index contributed by atoms with van der Waals surface area (Å²) in [4.78, 5) is 0. The number of hydrogen-bond acceptors (Lipinski definition) is 2. The quantitative estimate of drug-likeness (QED) is 0.743. The fourth-order valence-electron chi connectivity index (χ4n) is 2.18. The molecule has 0 fully saturated rings. The summed E-state index contributed by atoms with van der Waals surface area (Å²) in [6.07, 6.45) is 3.34. The average Bonchev–Trinajstić information content (AvgIpc) is 2.31. The van der Waals surface area contributed by atoms with E-state index in [1.54, 1.807) is 0 Å². The standard InChI is InChI=1S/C16H24O2/c1-5-6-9-17-14-8-7-13-10-12(2)16(3,4)18-15(13)11-14/h7-8,11-12H,5-6,9-10H2,1-4H3. The highest BCUT2D eigenvalue weighted by atomic mass is 16.5. The molecule has 1 aliphatic rings. The molecule has 1 atom stereocenters. The molecule has 1 heterocycles. The van der Waals surface area contributed by atoms with Crippen LogP contribution in [0.2, 0.25) is 0 Å². The van der Waals surface area contributed by atoms with E-state index in [1.807, 2.05) is 6.07 Å². The van der Waals surface area contributed by atoms with Crippen LogP contribution >= 0.6 is 0 Å². The van der Waals surface area contributed by atoms with E-state index in [0.29, 0.717) is 5.92 Å². The van der Waals surface area contributed by atoms with Crippen LogP contribution in [0, 0.1) is 5.92 Å². The van der Waals surface area contributed by atoms with Crippen molar-refractivity contribution < 1.29 is 9.47 Å². The molecule has 0 amide bonds. The van der Waals surface area contributed by atoms with Crippen LogP contribution in [0.1, 0.15) is 46.1 Å². The lowest BCUT2D eigenvalue weighted by atomic mass is 9.84. The Balaban J connectivity index is 2.12. The van der Waals surface area contributed by atoms with Crippen molar-refractivity contribution in [2.24, 2.45) is 5.92 Å². The molecule has 2 nitrogen and oxygen atoms in total. The summed E-state index contributed by atoms with van der Waals surface area (Å²) in [5, 5.41) is 0. The van der Waals surface area contributed by atoms with Gasteiger partial charge in [-0.1, -0.05) is 26.3 Å². The van der Waals surface area contributed by atoms with Gasteiger partial charge in [0.25, 0.3) is 0 Å². The second kappa shape index (κ2) is 5.21. The predicted octanol–water partition coefficient (Wildman–Crippen LogP) is 4.22. The predicted molar refractivity (Wildman–Crippen MR) is 74.4 cm³/mol. The number of fused-ring (bicyclic) bond motifs is 1. The zero-order chi connectivity index (χ0) is 13.2. The van der Waals surface area contributed by atoms with E-state index in [-0.39, 0.29) is 5.60 Å². The summed E-state index contributed by atoms with van der Waals surface area (Å²) in [6.45, 7) is 9.52. The summed E-state index contributed by atoms with van der Waals surface area (Å²) in [7, 11) is 0. The van der Waals surface area contributed by atoms with Crippen LogP contribution in [0.3, 0.4) is 0 Å². The Morgan fingerprint density at radius 2 is 2.17 bits per heavy atom. The van der Waals surface area contributed by atoms with Crippen LogP contribution in [0.25, 0.3) is 0 Å². The molecule has 0 bridgehead atoms. The Labute approximate surface area is 110 Å². The van der Waals surface area contributed by atoms with E-state index in [4.69, 9.17) is 9.47 Å². The number of ether oxygens (including phenoxy) is 2. The number of hydrogen-bond donors (Lipinski definition) is 0. The SMILES string of the molecule is CCCCOc1ccc2c(c1)OC(C)(C)C(C)C2. The topological polar surface area (TPSA) is 18.5 Å². The Morgan fingerprint density at radius 1 is 1.39 bits per heavy atom. The third kappa shape index (κ3) is 2.80. The summed E-state index contributed by atoms with van der Waals surface area (Å²) in [5.74, 6) is 2.46. The highest BCUT2D eigenvalue weighted by Gasteiger charge is 2.33. The van der Waals surface area contributed by atoms with Gasteiger partial charge in [0.15, 0.2) is 0 Å².